The van der Waals surface area contributed by atoms with E-state index in [0.29, 0.717) is 16.9 Å². The van der Waals surface area contributed by atoms with E-state index in [1.165, 1.54) is 32.4 Å². The van der Waals surface area contributed by atoms with Crippen LogP contribution in [-0.2, 0) is 21.3 Å². The zero-order chi connectivity index (χ0) is 20.2. The molecule has 27 heavy (non-hydrogen) atoms. The summed E-state index contributed by atoms with van der Waals surface area (Å²) in [6.45, 7) is 1.80. The number of benzene rings is 2. The second kappa shape index (κ2) is 8.19. The van der Waals surface area contributed by atoms with Crippen LogP contribution in [-0.4, -0.2) is 34.5 Å². The van der Waals surface area contributed by atoms with Crippen LogP contribution in [0.5, 0.6) is 5.75 Å². The Bertz CT molecular complexity index is 985. The van der Waals surface area contributed by atoms with Gasteiger partial charge in [-0.15, -0.1) is 0 Å². The smallest absolute Gasteiger partial charge is 0.341 e. The van der Waals surface area contributed by atoms with Gasteiger partial charge in [-0.05, 0) is 42.3 Å². The van der Waals surface area contributed by atoms with Crippen molar-refractivity contribution in [2.24, 2.45) is 5.14 Å². The summed E-state index contributed by atoms with van der Waals surface area (Å²) >= 11 is 0. The van der Waals surface area contributed by atoms with E-state index < -0.39 is 21.9 Å². The van der Waals surface area contributed by atoms with Gasteiger partial charge in [-0.3, -0.25) is 4.79 Å². The fraction of sp³-hybridized carbons (Fsp3) is 0.222. The minimum Gasteiger partial charge on any atom is -0.496 e. The molecule has 0 unspecified atom stereocenters. The summed E-state index contributed by atoms with van der Waals surface area (Å²) in [5.41, 5.74) is 1.68. The second-order valence-electron chi connectivity index (χ2n) is 5.73. The first-order valence-corrected chi connectivity index (χ1v) is 9.39. The van der Waals surface area contributed by atoms with Crippen LogP contribution in [0.2, 0.25) is 0 Å². The fourth-order valence-electron chi connectivity index (χ4n) is 2.43. The van der Waals surface area contributed by atoms with E-state index in [-0.39, 0.29) is 22.6 Å². The van der Waals surface area contributed by atoms with Gasteiger partial charge in [-0.25, -0.2) is 18.4 Å². The molecule has 0 heterocycles. The minimum absolute atomic E-state index is 0.117. The Kier molecular flexibility index (Phi) is 6.19. The maximum atomic E-state index is 12.5. The van der Waals surface area contributed by atoms with Crippen molar-refractivity contribution in [2.75, 3.05) is 14.2 Å². The van der Waals surface area contributed by atoms with E-state index in [4.69, 9.17) is 14.6 Å². The lowest BCUT2D eigenvalue weighted by molar-refractivity contribution is 0.0597. The van der Waals surface area contributed by atoms with Gasteiger partial charge in [0.15, 0.2) is 0 Å². The Morgan fingerprint density at radius 1 is 1.07 bits per heavy atom. The van der Waals surface area contributed by atoms with Gasteiger partial charge in [0.1, 0.15) is 11.3 Å². The van der Waals surface area contributed by atoms with Crippen molar-refractivity contribution >= 4 is 21.9 Å². The number of carbonyl (C=O) groups excluding carboxylic acids is 2. The number of ether oxygens (including phenoxy) is 2. The normalized spacial score (nSPS) is 11.0. The van der Waals surface area contributed by atoms with E-state index in [1.807, 2.05) is 0 Å². The van der Waals surface area contributed by atoms with E-state index in [0.717, 1.165) is 0 Å². The van der Waals surface area contributed by atoms with Gasteiger partial charge in [0, 0.05) is 12.1 Å². The van der Waals surface area contributed by atoms with Gasteiger partial charge in [0.05, 0.1) is 19.1 Å². The monoisotopic (exact) mass is 392 g/mol. The van der Waals surface area contributed by atoms with Crippen LogP contribution >= 0.6 is 0 Å². The van der Waals surface area contributed by atoms with Crippen molar-refractivity contribution < 1.29 is 27.5 Å². The van der Waals surface area contributed by atoms with Gasteiger partial charge in [0.2, 0.25) is 10.0 Å². The molecule has 9 heteroatoms. The SMILES string of the molecule is COC(=O)c1cc(CNC(=O)c2cc(S(N)(=O)=O)ccc2C)ccc1OC. The quantitative estimate of drug-likeness (QED) is 0.715. The van der Waals surface area contributed by atoms with Crippen LogP contribution in [0, 0.1) is 6.92 Å². The summed E-state index contributed by atoms with van der Waals surface area (Å²) in [4.78, 5) is 24.1. The van der Waals surface area contributed by atoms with Gasteiger partial charge in [0.25, 0.3) is 5.91 Å². The van der Waals surface area contributed by atoms with Gasteiger partial charge in [-0.1, -0.05) is 12.1 Å². The first-order valence-electron chi connectivity index (χ1n) is 7.84. The molecule has 144 valence electrons. The van der Waals surface area contributed by atoms with Crippen molar-refractivity contribution in [1.29, 1.82) is 0 Å². The molecule has 0 saturated heterocycles. The topological polar surface area (TPSA) is 125 Å². The molecule has 0 bridgehead atoms. The molecule has 1 amide bonds. The van der Waals surface area contributed by atoms with Crippen LogP contribution in [0.15, 0.2) is 41.3 Å². The first kappa shape index (κ1) is 20.4. The number of amides is 1. The van der Waals surface area contributed by atoms with Crippen molar-refractivity contribution in [2.45, 2.75) is 18.4 Å². The fourth-order valence-corrected chi connectivity index (χ4v) is 2.97. The average Bonchev–Trinajstić information content (AvgIpc) is 2.64. The molecule has 0 aliphatic heterocycles. The van der Waals surface area contributed by atoms with Crippen molar-refractivity contribution in [1.82, 2.24) is 5.32 Å². The molecule has 0 aliphatic carbocycles. The number of hydrogen-bond acceptors (Lipinski definition) is 6. The van der Waals surface area contributed by atoms with Gasteiger partial charge >= 0.3 is 5.97 Å². The van der Waals surface area contributed by atoms with Crippen LogP contribution in [0.1, 0.15) is 31.8 Å². The Morgan fingerprint density at radius 3 is 2.37 bits per heavy atom. The number of sulfonamides is 1. The number of rotatable bonds is 6. The number of primary sulfonamides is 1. The average molecular weight is 392 g/mol. The lowest BCUT2D eigenvalue weighted by Gasteiger charge is -2.11. The maximum Gasteiger partial charge on any atom is 0.341 e. The third-order valence-corrected chi connectivity index (χ3v) is 4.82. The summed E-state index contributed by atoms with van der Waals surface area (Å²) < 4.78 is 32.8. The molecule has 0 atom stereocenters. The van der Waals surface area contributed by atoms with Crippen molar-refractivity contribution in [3.63, 3.8) is 0 Å². The number of aryl methyl sites for hydroxylation is 1. The number of carbonyl (C=O) groups is 2. The van der Waals surface area contributed by atoms with Crippen LogP contribution in [0.25, 0.3) is 0 Å². The van der Waals surface area contributed by atoms with Crippen molar-refractivity contribution in [3.05, 3.63) is 58.7 Å². The number of nitrogens with two attached hydrogens (primary N) is 1. The highest BCUT2D eigenvalue weighted by Crippen LogP contribution is 2.21. The number of nitrogens with one attached hydrogen (secondary N) is 1. The zero-order valence-corrected chi connectivity index (χ0v) is 15.9. The highest BCUT2D eigenvalue weighted by Gasteiger charge is 2.16. The highest BCUT2D eigenvalue weighted by molar-refractivity contribution is 7.89. The molecule has 0 aliphatic rings. The Balaban J connectivity index is 2.22. The molecule has 0 spiro atoms. The molecule has 0 fully saturated rings. The molecular weight excluding hydrogens is 372 g/mol. The van der Waals surface area contributed by atoms with Crippen LogP contribution in [0.3, 0.4) is 0 Å². The summed E-state index contributed by atoms with van der Waals surface area (Å²) in [5.74, 6) is -0.668. The number of methoxy groups -OCH3 is 2. The molecule has 3 N–H and O–H groups in total. The lowest BCUT2D eigenvalue weighted by atomic mass is 10.1. The maximum absolute atomic E-state index is 12.5. The van der Waals surface area contributed by atoms with E-state index in [2.05, 4.69) is 5.32 Å². The molecule has 2 rings (SSSR count). The molecule has 2 aromatic carbocycles. The molecule has 8 nitrogen and oxygen atoms in total. The predicted molar refractivity (Wildman–Crippen MR) is 98.1 cm³/mol. The minimum atomic E-state index is -3.91. The second-order valence-corrected chi connectivity index (χ2v) is 7.29. The largest absolute Gasteiger partial charge is 0.496 e. The molecule has 0 radical (unpaired) electrons. The Hall–Kier alpha value is -2.91. The van der Waals surface area contributed by atoms with Gasteiger partial charge in [-0.2, -0.15) is 0 Å². The van der Waals surface area contributed by atoms with Crippen LogP contribution < -0.4 is 15.2 Å². The van der Waals surface area contributed by atoms with Gasteiger partial charge < -0.3 is 14.8 Å². The zero-order valence-electron chi connectivity index (χ0n) is 15.1. The third-order valence-electron chi connectivity index (χ3n) is 3.90. The molecule has 0 saturated carbocycles. The molecule has 0 aromatic heterocycles. The van der Waals surface area contributed by atoms with E-state index >= 15 is 0 Å². The Morgan fingerprint density at radius 2 is 1.78 bits per heavy atom. The predicted octanol–water partition coefficient (Wildman–Crippen LogP) is 1.37. The summed E-state index contributed by atoms with van der Waals surface area (Å²) in [6, 6.07) is 8.93. The first-order chi connectivity index (χ1) is 12.7. The van der Waals surface area contributed by atoms with Crippen LogP contribution in [0.4, 0.5) is 0 Å². The molecule has 2 aromatic rings. The summed E-state index contributed by atoms with van der Waals surface area (Å²) in [6.07, 6.45) is 0. The lowest BCUT2D eigenvalue weighted by Crippen LogP contribution is -2.24. The highest BCUT2D eigenvalue weighted by atomic mass is 32.2. The Labute approximate surface area is 157 Å². The van der Waals surface area contributed by atoms with Crippen molar-refractivity contribution in [3.8, 4) is 5.75 Å². The van der Waals surface area contributed by atoms with E-state index in [1.54, 1.807) is 25.1 Å². The number of hydrogen-bond donors (Lipinski definition) is 2. The number of esters is 1. The summed E-state index contributed by atoms with van der Waals surface area (Å²) in [5, 5.41) is 7.80. The summed E-state index contributed by atoms with van der Waals surface area (Å²) in [7, 11) is -1.22. The van der Waals surface area contributed by atoms with E-state index in [9.17, 15) is 18.0 Å². The standard InChI is InChI=1S/C18H20N2O6S/c1-11-4-6-13(27(19,23)24)9-14(11)17(21)20-10-12-5-7-16(25-2)15(8-12)18(22)26-3/h4-9H,10H2,1-3H3,(H,20,21)(H2,19,23,24). The molecular formula is C18H20N2O6S. The third kappa shape index (κ3) is 4.83.